The second-order valence-corrected chi connectivity index (χ2v) is 4.48. The molecule has 3 nitrogen and oxygen atoms in total. The van der Waals surface area contributed by atoms with Crippen LogP contribution in [0.3, 0.4) is 0 Å². The molecule has 0 aromatic heterocycles. The zero-order chi connectivity index (χ0) is 11.7. The maximum Gasteiger partial charge on any atom is 0.130 e. The van der Waals surface area contributed by atoms with Crippen molar-refractivity contribution >= 4 is 11.6 Å². The number of aliphatic hydroxyl groups excluding tert-OH is 1. The molecule has 1 aliphatic carbocycles. The number of methoxy groups -OCH3 is 1. The lowest BCUT2D eigenvalue weighted by Gasteiger charge is -2.40. The van der Waals surface area contributed by atoms with Gasteiger partial charge >= 0.3 is 0 Å². The molecular weight excluding hydrogens is 228 g/mol. The van der Waals surface area contributed by atoms with Gasteiger partial charge in [0.25, 0.3) is 0 Å². The Kier molecular flexibility index (Phi) is 3.38. The summed E-state index contributed by atoms with van der Waals surface area (Å²) in [5.74, 6) is 0.765. The fraction of sp³-hybridized carbons (Fsp3) is 0.500. The van der Waals surface area contributed by atoms with Crippen molar-refractivity contribution < 1.29 is 14.6 Å². The quantitative estimate of drug-likeness (QED) is 0.883. The van der Waals surface area contributed by atoms with Gasteiger partial charge in [-0.15, -0.1) is 0 Å². The van der Waals surface area contributed by atoms with E-state index in [9.17, 15) is 5.11 Å². The predicted molar refractivity (Wildman–Crippen MR) is 62.0 cm³/mol. The molecule has 1 aromatic rings. The van der Waals surface area contributed by atoms with Crippen molar-refractivity contribution in [3.63, 3.8) is 0 Å². The van der Waals surface area contributed by atoms with Crippen LogP contribution in [0.4, 0.5) is 0 Å². The van der Waals surface area contributed by atoms with Crippen molar-refractivity contribution in [3.8, 4) is 5.75 Å². The summed E-state index contributed by atoms with van der Waals surface area (Å²) in [6, 6.07) is 5.52. The smallest absolute Gasteiger partial charge is 0.130 e. The van der Waals surface area contributed by atoms with Gasteiger partial charge in [-0.1, -0.05) is 11.6 Å². The minimum atomic E-state index is -0.414. The number of benzene rings is 1. The van der Waals surface area contributed by atoms with E-state index >= 15 is 0 Å². The average molecular weight is 243 g/mol. The van der Waals surface area contributed by atoms with Gasteiger partial charge in [0, 0.05) is 18.6 Å². The van der Waals surface area contributed by atoms with E-state index in [-0.39, 0.29) is 12.2 Å². The average Bonchev–Trinajstić information content (AvgIpc) is 2.23. The van der Waals surface area contributed by atoms with Crippen molar-refractivity contribution in [2.45, 2.75) is 31.7 Å². The lowest BCUT2D eigenvalue weighted by atomic mass is 9.88. The first-order chi connectivity index (χ1) is 7.61. The van der Waals surface area contributed by atoms with Crippen LogP contribution in [0.15, 0.2) is 18.2 Å². The van der Waals surface area contributed by atoms with E-state index in [2.05, 4.69) is 0 Å². The molecule has 3 atom stereocenters. The van der Waals surface area contributed by atoms with Gasteiger partial charge in [0.05, 0.1) is 6.10 Å². The number of hydrogen-bond acceptors (Lipinski definition) is 3. The Morgan fingerprint density at radius 1 is 1.44 bits per heavy atom. The molecular formula is C12H15ClO3. The molecule has 1 N–H and O–H groups in total. The Morgan fingerprint density at radius 3 is 2.75 bits per heavy atom. The highest BCUT2D eigenvalue weighted by Gasteiger charge is 2.42. The maximum atomic E-state index is 9.43. The Hall–Kier alpha value is -0.770. The highest BCUT2D eigenvalue weighted by atomic mass is 35.5. The minimum absolute atomic E-state index is 0.0689. The third kappa shape index (κ3) is 2.17. The molecule has 16 heavy (non-hydrogen) atoms. The van der Waals surface area contributed by atoms with Crippen LogP contribution in [0.25, 0.3) is 0 Å². The zero-order valence-corrected chi connectivity index (χ0v) is 10.1. The van der Waals surface area contributed by atoms with Crippen LogP contribution in [0, 0.1) is 6.92 Å². The molecule has 0 saturated heterocycles. The molecule has 3 unspecified atom stereocenters. The number of hydrogen-bond donors (Lipinski definition) is 1. The summed E-state index contributed by atoms with van der Waals surface area (Å²) in [5.41, 5.74) is 0.980. The maximum absolute atomic E-state index is 9.43. The first kappa shape index (κ1) is 11.7. The second kappa shape index (κ2) is 4.62. The summed E-state index contributed by atoms with van der Waals surface area (Å²) in [6.07, 6.45) is -0.0971. The topological polar surface area (TPSA) is 38.7 Å². The summed E-state index contributed by atoms with van der Waals surface area (Å²) in [6.45, 7) is 1.93. The van der Waals surface area contributed by atoms with Crippen LogP contribution < -0.4 is 4.74 Å². The van der Waals surface area contributed by atoms with Crippen LogP contribution in [0.2, 0.25) is 5.02 Å². The summed E-state index contributed by atoms with van der Waals surface area (Å²) in [5, 5.41) is 10.2. The van der Waals surface area contributed by atoms with Crippen LogP contribution in [-0.2, 0) is 4.74 Å². The van der Waals surface area contributed by atoms with E-state index < -0.39 is 6.10 Å². The lowest BCUT2D eigenvalue weighted by molar-refractivity contribution is -0.149. The highest BCUT2D eigenvalue weighted by molar-refractivity contribution is 6.31. The van der Waals surface area contributed by atoms with Gasteiger partial charge in [-0.3, -0.25) is 0 Å². The van der Waals surface area contributed by atoms with Gasteiger partial charge in [0.1, 0.15) is 18.0 Å². The van der Waals surface area contributed by atoms with Crippen molar-refractivity contribution in [2.75, 3.05) is 7.11 Å². The molecule has 88 valence electrons. The second-order valence-electron chi connectivity index (χ2n) is 4.07. The largest absolute Gasteiger partial charge is 0.488 e. The fourth-order valence-electron chi connectivity index (χ4n) is 1.85. The van der Waals surface area contributed by atoms with E-state index in [1.54, 1.807) is 7.11 Å². The fourth-order valence-corrected chi connectivity index (χ4v) is 1.97. The van der Waals surface area contributed by atoms with Gasteiger partial charge in [-0.25, -0.2) is 0 Å². The molecule has 0 aliphatic heterocycles. The molecule has 0 heterocycles. The molecule has 4 heteroatoms. The summed E-state index contributed by atoms with van der Waals surface area (Å²) < 4.78 is 10.9. The monoisotopic (exact) mass is 242 g/mol. The van der Waals surface area contributed by atoms with Crippen LogP contribution in [0.1, 0.15) is 12.0 Å². The van der Waals surface area contributed by atoms with Gasteiger partial charge in [0.15, 0.2) is 0 Å². The van der Waals surface area contributed by atoms with Crippen LogP contribution in [-0.4, -0.2) is 30.5 Å². The Balaban J connectivity index is 2.02. The first-order valence-corrected chi connectivity index (χ1v) is 5.63. The molecule has 0 amide bonds. The summed E-state index contributed by atoms with van der Waals surface area (Å²) in [7, 11) is 1.58. The number of halogens is 1. The highest BCUT2D eigenvalue weighted by Crippen LogP contribution is 2.30. The Morgan fingerprint density at radius 2 is 2.19 bits per heavy atom. The number of ether oxygens (including phenoxy) is 2. The lowest BCUT2D eigenvalue weighted by Crippen LogP contribution is -2.54. The van der Waals surface area contributed by atoms with Crippen molar-refractivity contribution in [1.82, 2.24) is 0 Å². The van der Waals surface area contributed by atoms with Crippen molar-refractivity contribution in [1.29, 1.82) is 0 Å². The molecule has 1 saturated carbocycles. The van der Waals surface area contributed by atoms with E-state index in [0.29, 0.717) is 6.42 Å². The predicted octanol–water partition coefficient (Wildman–Crippen LogP) is 2.18. The molecule has 0 radical (unpaired) electrons. The SMILES string of the molecule is COC1C(O)CC1Oc1ccc(Cl)c(C)c1. The van der Waals surface area contributed by atoms with Crippen LogP contribution in [0.5, 0.6) is 5.75 Å². The van der Waals surface area contributed by atoms with Crippen molar-refractivity contribution in [3.05, 3.63) is 28.8 Å². The Labute approximate surface area is 99.9 Å². The van der Waals surface area contributed by atoms with E-state index in [1.165, 1.54) is 0 Å². The molecule has 0 bridgehead atoms. The van der Waals surface area contributed by atoms with Gasteiger partial charge in [-0.05, 0) is 30.7 Å². The van der Waals surface area contributed by atoms with E-state index in [1.807, 2.05) is 25.1 Å². The third-order valence-electron chi connectivity index (χ3n) is 2.91. The normalized spacial score (nSPS) is 28.6. The van der Waals surface area contributed by atoms with Gasteiger partial charge < -0.3 is 14.6 Å². The van der Waals surface area contributed by atoms with Crippen molar-refractivity contribution in [2.24, 2.45) is 0 Å². The Bertz CT molecular complexity index is 381. The summed E-state index contributed by atoms with van der Waals surface area (Å²) >= 11 is 5.92. The third-order valence-corrected chi connectivity index (χ3v) is 3.33. The zero-order valence-electron chi connectivity index (χ0n) is 9.31. The first-order valence-electron chi connectivity index (χ1n) is 5.25. The molecule has 0 spiro atoms. The molecule has 1 fully saturated rings. The molecule has 1 aliphatic rings. The van der Waals surface area contributed by atoms with Gasteiger partial charge in [0.2, 0.25) is 0 Å². The van der Waals surface area contributed by atoms with Gasteiger partial charge in [-0.2, -0.15) is 0 Å². The molecule has 2 rings (SSSR count). The number of aryl methyl sites for hydroxylation is 1. The summed E-state index contributed by atoms with van der Waals surface area (Å²) in [4.78, 5) is 0. The minimum Gasteiger partial charge on any atom is -0.488 e. The molecule has 1 aromatic carbocycles. The number of aliphatic hydroxyl groups is 1. The van der Waals surface area contributed by atoms with Crippen LogP contribution >= 0.6 is 11.6 Å². The standard InChI is InChI=1S/C12H15ClO3/c1-7-5-8(3-4-9(7)13)16-11-6-10(14)12(11)15-2/h3-5,10-12,14H,6H2,1-2H3. The van der Waals surface area contributed by atoms with E-state index in [0.717, 1.165) is 16.3 Å². The number of rotatable bonds is 3. The van der Waals surface area contributed by atoms with E-state index in [4.69, 9.17) is 21.1 Å².